The second-order valence-corrected chi connectivity index (χ2v) is 6.53. The van der Waals surface area contributed by atoms with Crippen LogP contribution in [0.5, 0.6) is 0 Å². The number of fused-ring (bicyclic) bond motifs is 1. The van der Waals surface area contributed by atoms with Crippen LogP contribution in [0, 0.1) is 5.92 Å². The Morgan fingerprint density at radius 2 is 2.14 bits per heavy atom. The molecule has 0 bridgehead atoms. The first kappa shape index (κ1) is 14.6. The lowest BCUT2D eigenvalue weighted by molar-refractivity contribution is 0.121. The first-order chi connectivity index (χ1) is 10.2. The van der Waals surface area contributed by atoms with Gasteiger partial charge in [-0.1, -0.05) is 38.0 Å². The summed E-state index contributed by atoms with van der Waals surface area (Å²) in [4.78, 5) is 2.48. The summed E-state index contributed by atoms with van der Waals surface area (Å²) in [5, 5.41) is 1.20. The zero-order chi connectivity index (χ0) is 14.8. The molecule has 0 radical (unpaired) electrons. The molecule has 1 aromatic carbocycles. The Kier molecular flexibility index (Phi) is 4.32. The molecule has 1 aliphatic carbocycles. The molecule has 3 nitrogen and oxygen atoms in total. The highest BCUT2D eigenvalue weighted by Crippen LogP contribution is 2.34. The van der Waals surface area contributed by atoms with Gasteiger partial charge >= 0.3 is 0 Å². The third-order valence-corrected chi connectivity index (χ3v) is 5.07. The molecule has 0 aliphatic heterocycles. The Balaban J connectivity index is 1.87. The van der Waals surface area contributed by atoms with Gasteiger partial charge in [-0.2, -0.15) is 0 Å². The minimum Gasteiger partial charge on any atom is -0.464 e. The van der Waals surface area contributed by atoms with Crippen LogP contribution in [0.15, 0.2) is 34.9 Å². The Morgan fingerprint density at radius 1 is 1.33 bits per heavy atom. The number of likely N-dealkylation sites (N-methyl/N-ethyl adjacent to an activating group) is 1. The molecule has 0 spiro atoms. The summed E-state index contributed by atoms with van der Waals surface area (Å²) >= 11 is 0. The molecule has 21 heavy (non-hydrogen) atoms. The molecule has 3 unspecified atom stereocenters. The zero-order valence-electron chi connectivity index (χ0n) is 13.1. The molecule has 0 amide bonds. The lowest BCUT2D eigenvalue weighted by atomic mass is 9.85. The van der Waals surface area contributed by atoms with Crippen molar-refractivity contribution < 1.29 is 4.42 Å². The average molecular weight is 286 g/mol. The summed E-state index contributed by atoms with van der Waals surface area (Å²) < 4.78 is 5.71. The fourth-order valence-corrected chi connectivity index (χ4v) is 3.80. The third-order valence-electron chi connectivity index (χ3n) is 5.07. The van der Waals surface area contributed by atoms with Gasteiger partial charge in [-0.3, -0.25) is 4.90 Å². The van der Waals surface area contributed by atoms with E-state index in [0.29, 0.717) is 12.6 Å². The van der Waals surface area contributed by atoms with Crippen LogP contribution in [0.2, 0.25) is 0 Å². The van der Waals surface area contributed by atoms with Gasteiger partial charge in [0, 0.05) is 23.5 Å². The maximum Gasteiger partial charge on any atom is 0.134 e. The first-order valence-electron chi connectivity index (χ1n) is 8.08. The van der Waals surface area contributed by atoms with Gasteiger partial charge in [0.25, 0.3) is 0 Å². The first-order valence-corrected chi connectivity index (χ1v) is 8.08. The summed E-state index contributed by atoms with van der Waals surface area (Å²) in [6.45, 7) is 3.00. The molecule has 2 N–H and O–H groups in total. The van der Waals surface area contributed by atoms with Gasteiger partial charge in [0.15, 0.2) is 0 Å². The van der Waals surface area contributed by atoms with E-state index >= 15 is 0 Å². The van der Waals surface area contributed by atoms with Crippen molar-refractivity contribution in [3.05, 3.63) is 36.1 Å². The van der Waals surface area contributed by atoms with Gasteiger partial charge in [0.05, 0.1) is 12.3 Å². The normalized spacial score (nSPS) is 24.6. The molecule has 1 aromatic heterocycles. The highest BCUT2D eigenvalue weighted by Gasteiger charge is 2.28. The van der Waals surface area contributed by atoms with Crippen molar-refractivity contribution in [2.75, 3.05) is 13.6 Å². The molecule has 1 saturated carbocycles. The highest BCUT2D eigenvalue weighted by atomic mass is 16.3. The smallest absolute Gasteiger partial charge is 0.134 e. The zero-order valence-corrected chi connectivity index (χ0v) is 13.1. The van der Waals surface area contributed by atoms with Crippen molar-refractivity contribution >= 4 is 11.0 Å². The molecule has 2 aromatic rings. The van der Waals surface area contributed by atoms with E-state index in [-0.39, 0.29) is 6.04 Å². The maximum absolute atomic E-state index is 6.11. The molecule has 3 rings (SSSR count). The van der Waals surface area contributed by atoms with Crippen LogP contribution in [0.4, 0.5) is 0 Å². The fraction of sp³-hybridized carbons (Fsp3) is 0.556. The minimum absolute atomic E-state index is 0.240. The number of rotatable bonds is 4. The summed E-state index contributed by atoms with van der Waals surface area (Å²) in [7, 11) is 2.22. The summed E-state index contributed by atoms with van der Waals surface area (Å²) in [5.74, 6) is 0.825. The number of para-hydroxylation sites is 1. The van der Waals surface area contributed by atoms with Crippen LogP contribution in [-0.4, -0.2) is 24.5 Å². The Hall–Kier alpha value is -1.32. The summed E-state index contributed by atoms with van der Waals surface area (Å²) in [6, 6.07) is 9.11. The topological polar surface area (TPSA) is 42.4 Å². The van der Waals surface area contributed by atoms with E-state index < -0.39 is 0 Å². The number of benzene rings is 1. The SMILES string of the molecule is CC1CCCC(N(C)C(CN)c2coc3ccccc23)C1. The minimum atomic E-state index is 0.240. The van der Waals surface area contributed by atoms with E-state index in [9.17, 15) is 0 Å². The second-order valence-electron chi connectivity index (χ2n) is 6.53. The molecule has 1 heterocycles. The largest absolute Gasteiger partial charge is 0.464 e. The van der Waals surface area contributed by atoms with Crippen molar-refractivity contribution in [3.8, 4) is 0 Å². The second kappa shape index (κ2) is 6.20. The Labute approximate surface area is 127 Å². The van der Waals surface area contributed by atoms with E-state index in [4.69, 9.17) is 10.2 Å². The maximum atomic E-state index is 6.11. The van der Waals surface area contributed by atoms with E-state index in [0.717, 1.165) is 11.5 Å². The molecule has 3 heteroatoms. The van der Waals surface area contributed by atoms with E-state index in [2.05, 4.69) is 31.0 Å². The van der Waals surface area contributed by atoms with E-state index in [1.807, 2.05) is 18.4 Å². The van der Waals surface area contributed by atoms with Crippen LogP contribution >= 0.6 is 0 Å². The van der Waals surface area contributed by atoms with Crippen molar-refractivity contribution in [1.29, 1.82) is 0 Å². The van der Waals surface area contributed by atoms with Crippen LogP contribution in [0.25, 0.3) is 11.0 Å². The monoisotopic (exact) mass is 286 g/mol. The van der Waals surface area contributed by atoms with Crippen LogP contribution in [0.3, 0.4) is 0 Å². The predicted molar refractivity (Wildman–Crippen MR) is 87.2 cm³/mol. The Bertz CT molecular complexity index is 592. The van der Waals surface area contributed by atoms with Gasteiger partial charge in [-0.05, 0) is 31.9 Å². The number of nitrogens with zero attached hydrogens (tertiary/aromatic N) is 1. The molecular formula is C18H26N2O. The molecule has 1 aliphatic rings. The highest BCUT2D eigenvalue weighted by molar-refractivity contribution is 5.81. The van der Waals surface area contributed by atoms with Crippen LogP contribution in [-0.2, 0) is 0 Å². The molecule has 1 fully saturated rings. The van der Waals surface area contributed by atoms with Gasteiger partial charge in [-0.15, -0.1) is 0 Å². The number of hydrogen-bond donors (Lipinski definition) is 1. The lowest BCUT2D eigenvalue weighted by Crippen LogP contribution is -2.40. The van der Waals surface area contributed by atoms with Gasteiger partial charge in [-0.25, -0.2) is 0 Å². The van der Waals surface area contributed by atoms with Crippen LogP contribution in [0.1, 0.15) is 44.2 Å². The van der Waals surface area contributed by atoms with E-state index in [1.54, 1.807) is 0 Å². The standard InChI is InChI=1S/C18H26N2O/c1-13-6-5-7-14(10-13)20(2)17(11-19)16-12-21-18-9-4-3-8-15(16)18/h3-4,8-9,12-14,17H,5-7,10-11,19H2,1-2H3. The van der Waals surface area contributed by atoms with Crippen molar-refractivity contribution in [1.82, 2.24) is 4.90 Å². The van der Waals surface area contributed by atoms with E-state index in [1.165, 1.54) is 36.6 Å². The number of hydrogen-bond acceptors (Lipinski definition) is 3. The predicted octanol–water partition coefficient (Wildman–Crippen LogP) is 3.94. The summed E-state index contributed by atoms with van der Waals surface area (Å²) in [5.41, 5.74) is 8.30. The van der Waals surface area contributed by atoms with Crippen molar-refractivity contribution in [2.45, 2.75) is 44.7 Å². The lowest BCUT2D eigenvalue weighted by Gasteiger charge is -2.38. The van der Waals surface area contributed by atoms with Crippen LogP contribution < -0.4 is 5.73 Å². The number of furan rings is 1. The summed E-state index contributed by atoms with van der Waals surface area (Å²) in [6.07, 6.45) is 7.16. The quantitative estimate of drug-likeness (QED) is 0.925. The van der Waals surface area contributed by atoms with Gasteiger partial charge in [0.1, 0.15) is 5.58 Å². The third kappa shape index (κ3) is 2.85. The average Bonchev–Trinajstić information content (AvgIpc) is 2.92. The molecule has 0 saturated heterocycles. The van der Waals surface area contributed by atoms with Gasteiger partial charge < -0.3 is 10.2 Å². The number of nitrogens with two attached hydrogens (primary N) is 1. The molecule has 114 valence electrons. The molecule has 3 atom stereocenters. The van der Waals surface area contributed by atoms with Crippen molar-refractivity contribution in [3.63, 3.8) is 0 Å². The van der Waals surface area contributed by atoms with Crippen molar-refractivity contribution in [2.24, 2.45) is 11.7 Å². The Morgan fingerprint density at radius 3 is 2.90 bits per heavy atom. The fourth-order valence-electron chi connectivity index (χ4n) is 3.80. The molecular weight excluding hydrogens is 260 g/mol. The van der Waals surface area contributed by atoms with Gasteiger partial charge in [0.2, 0.25) is 0 Å².